The predicted octanol–water partition coefficient (Wildman–Crippen LogP) is 1.37. The van der Waals surface area contributed by atoms with E-state index < -0.39 is 0 Å². The van der Waals surface area contributed by atoms with Crippen LogP contribution in [0.15, 0.2) is 0 Å². The van der Waals surface area contributed by atoms with Crippen LogP contribution >= 0.6 is 0 Å². The van der Waals surface area contributed by atoms with Gasteiger partial charge in [-0.3, -0.25) is 9.69 Å². The lowest BCUT2D eigenvalue weighted by molar-refractivity contribution is -0.126. The van der Waals surface area contributed by atoms with E-state index in [9.17, 15) is 4.79 Å². The van der Waals surface area contributed by atoms with Gasteiger partial charge in [0.05, 0.1) is 6.04 Å². The molecule has 0 aromatic rings. The van der Waals surface area contributed by atoms with Gasteiger partial charge < -0.3 is 10.6 Å². The summed E-state index contributed by atoms with van der Waals surface area (Å²) in [6.45, 7) is 5.24. The van der Waals surface area contributed by atoms with Crippen molar-refractivity contribution in [3.8, 4) is 0 Å². The maximum atomic E-state index is 12.3. The maximum Gasteiger partial charge on any atom is 0.237 e. The lowest BCUT2D eigenvalue weighted by Crippen LogP contribution is -2.48. The van der Waals surface area contributed by atoms with Gasteiger partial charge in [0.25, 0.3) is 0 Å². The predicted molar refractivity (Wildman–Crippen MR) is 78.1 cm³/mol. The maximum absolute atomic E-state index is 12.3. The summed E-state index contributed by atoms with van der Waals surface area (Å²) in [4.78, 5) is 14.6. The Balaban J connectivity index is 1.75. The fraction of sp³-hybridized carbons (Fsp3) is 0.933. The minimum Gasteiger partial charge on any atom is -0.352 e. The highest BCUT2D eigenvalue weighted by Crippen LogP contribution is 2.20. The Morgan fingerprint density at radius 1 is 1.26 bits per heavy atom. The van der Waals surface area contributed by atoms with E-state index in [4.69, 9.17) is 0 Å². The number of nitrogens with one attached hydrogen (secondary N) is 2. The van der Waals surface area contributed by atoms with Gasteiger partial charge in [0.15, 0.2) is 0 Å². The molecule has 0 aromatic carbocycles. The van der Waals surface area contributed by atoms with Crippen LogP contribution in [0.4, 0.5) is 0 Å². The second-order valence-electron chi connectivity index (χ2n) is 6.23. The van der Waals surface area contributed by atoms with E-state index in [-0.39, 0.29) is 11.9 Å². The van der Waals surface area contributed by atoms with Crippen molar-refractivity contribution < 1.29 is 4.79 Å². The Bertz CT molecular complexity index is 289. The number of carbonyl (C=O) groups is 1. The number of rotatable bonds is 5. The number of nitrogens with zero attached hydrogens (tertiary/aromatic N) is 1. The molecule has 1 saturated carbocycles. The molecule has 2 unspecified atom stereocenters. The Morgan fingerprint density at radius 3 is 2.68 bits per heavy atom. The molecule has 0 bridgehead atoms. The van der Waals surface area contributed by atoms with Crippen molar-refractivity contribution >= 4 is 5.91 Å². The molecular weight excluding hydrogens is 238 g/mol. The van der Waals surface area contributed by atoms with E-state index in [0.29, 0.717) is 12.0 Å². The summed E-state index contributed by atoms with van der Waals surface area (Å²) in [7, 11) is 2.00. The van der Waals surface area contributed by atoms with E-state index in [1.807, 2.05) is 7.05 Å². The third-order valence-corrected chi connectivity index (χ3v) is 4.69. The van der Waals surface area contributed by atoms with Crippen LogP contribution in [0.3, 0.4) is 0 Å². The normalized spacial score (nSPS) is 27.4. The molecule has 1 aliphatic carbocycles. The standard InChI is InChI=1S/C15H29N3O/c1-12(18-9-8-13(11-18)10-16-2)15(19)17-14-6-4-3-5-7-14/h12-14,16H,3-11H2,1-2H3,(H,17,19). The first-order chi connectivity index (χ1) is 9.20. The van der Waals surface area contributed by atoms with Gasteiger partial charge in [-0.15, -0.1) is 0 Å². The highest BCUT2D eigenvalue weighted by atomic mass is 16.2. The second-order valence-corrected chi connectivity index (χ2v) is 6.23. The molecule has 110 valence electrons. The number of carbonyl (C=O) groups excluding carboxylic acids is 1. The van der Waals surface area contributed by atoms with Gasteiger partial charge in [-0.25, -0.2) is 0 Å². The molecule has 2 rings (SSSR count). The molecule has 1 heterocycles. The van der Waals surface area contributed by atoms with Crippen molar-refractivity contribution in [3.63, 3.8) is 0 Å². The van der Waals surface area contributed by atoms with Crippen molar-refractivity contribution in [2.24, 2.45) is 5.92 Å². The third kappa shape index (κ3) is 4.18. The van der Waals surface area contributed by atoms with Crippen LogP contribution in [0.2, 0.25) is 0 Å². The van der Waals surface area contributed by atoms with Crippen molar-refractivity contribution in [2.75, 3.05) is 26.7 Å². The minimum absolute atomic E-state index is 0.0313. The Kier molecular flexibility index (Phi) is 5.64. The highest BCUT2D eigenvalue weighted by Gasteiger charge is 2.30. The SMILES string of the molecule is CNCC1CCN(C(C)C(=O)NC2CCCCC2)C1. The average molecular weight is 267 g/mol. The number of hydrogen-bond donors (Lipinski definition) is 2. The lowest BCUT2D eigenvalue weighted by Gasteiger charge is -2.28. The molecule has 1 saturated heterocycles. The zero-order valence-electron chi connectivity index (χ0n) is 12.5. The monoisotopic (exact) mass is 267 g/mol. The largest absolute Gasteiger partial charge is 0.352 e. The summed E-state index contributed by atoms with van der Waals surface area (Å²) >= 11 is 0. The number of hydrogen-bond acceptors (Lipinski definition) is 3. The molecule has 4 heteroatoms. The van der Waals surface area contributed by atoms with Crippen LogP contribution in [-0.2, 0) is 4.79 Å². The molecule has 0 radical (unpaired) electrons. The van der Waals surface area contributed by atoms with Gasteiger partial charge >= 0.3 is 0 Å². The zero-order chi connectivity index (χ0) is 13.7. The first-order valence-corrected chi connectivity index (χ1v) is 7.89. The molecular formula is C15H29N3O. The highest BCUT2D eigenvalue weighted by molar-refractivity contribution is 5.81. The summed E-state index contributed by atoms with van der Waals surface area (Å²) in [5, 5.41) is 6.48. The van der Waals surface area contributed by atoms with E-state index >= 15 is 0 Å². The second kappa shape index (κ2) is 7.25. The van der Waals surface area contributed by atoms with Crippen LogP contribution in [0.5, 0.6) is 0 Å². The third-order valence-electron chi connectivity index (χ3n) is 4.69. The van der Waals surface area contributed by atoms with Crippen LogP contribution < -0.4 is 10.6 Å². The van der Waals surface area contributed by atoms with Crippen LogP contribution in [0.1, 0.15) is 45.4 Å². The van der Waals surface area contributed by atoms with E-state index in [0.717, 1.165) is 19.6 Å². The van der Waals surface area contributed by atoms with Gasteiger partial charge in [0.1, 0.15) is 0 Å². The van der Waals surface area contributed by atoms with E-state index in [1.54, 1.807) is 0 Å². The lowest BCUT2D eigenvalue weighted by atomic mass is 9.95. The molecule has 0 aromatic heterocycles. The topological polar surface area (TPSA) is 44.4 Å². The summed E-state index contributed by atoms with van der Waals surface area (Å²) in [6, 6.07) is 0.461. The molecule has 2 fully saturated rings. The fourth-order valence-corrected chi connectivity index (χ4v) is 3.40. The van der Waals surface area contributed by atoms with Crippen LogP contribution in [0, 0.1) is 5.92 Å². The summed E-state index contributed by atoms with van der Waals surface area (Å²) in [5.74, 6) is 0.937. The fourth-order valence-electron chi connectivity index (χ4n) is 3.40. The molecule has 4 nitrogen and oxygen atoms in total. The van der Waals surface area contributed by atoms with Crippen LogP contribution in [-0.4, -0.2) is 49.6 Å². The van der Waals surface area contributed by atoms with E-state index in [2.05, 4.69) is 22.5 Å². The number of likely N-dealkylation sites (tertiary alicyclic amines) is 1. The van der Waals surface area contributed by atoms with Gasteiger partial charge in [0.2, 0.25) is 5.91 Å². The molecule has 2 N–H and O–H groups in total. The van der Waals surface area contributed by atoms with Crippen molar-refractivity contribution in [1.82, 2.24) is 15.5 Å². The van der Waals surface area contributed by atoms with Gasteiger partial charge in [-0.1, -0.05) is 19.3 Å². The van der Waals surface area contributed by atoms with Gasteiger partial charge in [-0.05, 0) is 52.2 Å². The van der Waals surface area contributed by atoms with Gasteiger partial charge in [-0.2, -0.15) is 0 Å². The molecule has 2 atom stereocenters. The summed E-state index contributed by atoms with van der Waals surface area (Å²) < 4.78 is 0. The average Bonchev–Trinajstić information content (AvgIpc) is 2.88. The quantitative estimate of drug-likeness (QED) is 0.790. The van der Waals surface area contributed by atoms with E-state index in [1.165, 1.54) is 38.5 Å². The molecule has 0 spiro atoms. The number of amides is 1. The van der Waals surface area contributed by atoms with Gasteiger partial charge in [0, 0.05) is 12.6 Å². The molecule has 1 amide bonds. The smallest absolute Gasteiger partial charge is 0.237 e. The summed E-state index contributed by atoms with van der Waals surface area (Å²) in [6.07, 6.45) is 7.42. The van der Waals surface area contributed by atoms with Crippen molar-refractivity contribution in [3.05, 3.63) is 0 Å². The molecule has 19 heavy (non-hydrogen) atoms. The van der Waals surface area contributed by atoms with Crippen molar-refractivity contribution in [2.45, 2.75) is 57.5 Å². The Labute approximate surface area is 117 Å². The van der Waals surface area contributed by atoms with Crippen molar-refractivity contribution in [1.29, 1.82) is 0 Å². The molecule has 2 aliphatic rings. The minimum atomic E-state index is 0.0313. The first-order valence-electron chi connectivity index (χ1n) is 7.89. The summed E-state index contributed by atoms with van der Waals surface area (Å²) in [5.41, 5.74) is 0. The first kappa shape index (κ1) is 14.8. The molecule has 1 aliphatic heterocycles. The Morgan fingerprint density at radius 2 is 2.00 bits per heavy atom. The Hall–Kier alpha value is -0.610. The van der Waals surface area contributed by atoms with Crippen LogP contribution in [0.25, 0.3) is 0 Å². The zero-order valence-corrected chi connectivity index (χ0v) is 12.5.